The summed E-state index contributed by atoms with van der Waals surface area (Å²) in [6.07, 6.45) is 3.34. The van der Waals surface area contributed by atoms with Gasteiger partial charge < -0.3 is 4.57 Å². The van der Waals surface area contributed by atoms with E-state index >= 15 is 0 Å². The normalized spacial score (nSPS) is 16.9. The number of carbonyl (C=O) groups excluding carboxylic acids is 2. The lowest BCUT2D eigenvalue weighted by Crippen LogP contribution is -2.34. The van der Waals surface area contributed by atoms with Gasteiger partial charge in [0.25, 0.3) is 11.1 Å². The Balaban J connectivity index is 2.00. The number of para-hydroxylation sites is 1. The standard InChI is InChI=1S/C17H15FN2O2S/c1-11(2)20-16(21)15(23-17(20)22)10-12-6-5-9-19(12)14-8-4-3-7-13(14)18/h3-11H,1-2H3/b15-10-. The first-order valence-corrected chi connectivity index (χ1v) is 8.00. The molecule has 0 radical (unpaired) electrons. The van der Waals surface area contributed by atoms with Gasteiger partial charge in [0.05, 0.1) is 10.6 Å². The molecule has 1 saturated heterocycles. The Morgan fingerprint density at radius 3 is 2.52 bits per heavy atom. The zero-order valence-corrected chi connectivity index (χ0v) is 13.5. The number of amides is 2. The number of rotatable bonds is 3. The summed E-state index contributed by atoms with van der Waals surface area (Å²) < 4.78 is 15.6. The summed E-state index contributed by atoms with van der Waals surface area (Å²) >= 11 is 0.908. The average Bonchev–Trinajstić information content (AvgIpc) is 3.05. The van der Waals surface area contributed by atoms with Gasteiger partial charge in [0.2, 0.25) is 0 Å². The fourth-order valence-electron chi connectivity index (χ4n) is 2.44. The van der Waals surface area contributed by atoms with Crippen LogP contribution in [0, 0.1) is 5.82 Å². The van der Waals surface area contributed by atoms with Crippen molar-refractivity contribution in [2.24, 2.45) is 0 Å². The molecule has 0 saturated carbocycles. The molecule has 1 aromatic heterocycles. The average molecular weight is 330 g/mol. The molecule has 2 aromatic rings. The van der Waals surface area contributed by atoms with E-state index in [1.54, 1.807) is 61.0 Å². The maximum Gasteiger partial charge on any atom is 0.293 e. The first-order chi connectivity index (χ1) is 11.0. The predicted octanol–water partition coefficient (Wildman–Crippen LogP) is 4.06. The Hall–Kier alpha value is -2.34. The first kappa shape index (κ1) is 15.6. The van der Waals surface area contributed by atoms with Crippen molar-refractivity contribution in [2.45, 2.75) is 19.9 Å². The number of imide groups is 1. The van der Waals surface area contributed by atoms with Crippen molar-refractivity contribution in [3.63, 3.8) is 0 Å². The van der Waals surface area contributed by atoms with Crippen molar-refractivity contribution in [2.75, 3.05) is 0 Å². The van der Waals surface area contributed by atoms with Gasteiger partial charge in [0.15, 0.2) is 0 Å². The summed E-state index contributed by atoms with van der Waals surface area (Å²) in [5.41, 5.74) is 1.04. The lowest BCUT2D eigenvalue weighted by Gasteiger charge is -2.16. The Kier molecular flexibility index (Phi) is 4.09. The fraction of sp³-hybridized carbons (Fsp3) is 0.176. The summed E-state index contributed by atoms with van der Waals surface area (Å²) in [6, 6.07) is 9.76. The lowest BCUT2D eigenvalue weighted by molar-refractivity contribution is -0.123. The summed E-state index contributed by atoms with van der Waals surface area (Å²) in [5.74, 6) is -0.662. The maximum absolute atomic E-state index is 14.0. The Bertz CT molecular complexity index is 810. The third kappa shape index (κ3) is 2.82. The molecule has 2 heterocycles. The molecule has 1 fully saturated rings. The van der Waals surface area contributed by atoms with Gasteiger partial charge in [0.1, 0.15) is 5.82 Å². The van der Waals surface area contributed by atoms with Gasteiger partial charge in [-0.2, -0.15) is 0 Å². The van der Waals surface area contributed by atoms with Crippen molar-refractivity contribution in [1.29, 1.82) is 0 Å². The highest BCUT2D eigenvalue weighted by atomic mass is 32.2. The lowest BCUT2D eigenvalue weighted by atomic mass is 10.2. The second kappa shape index (κ2) is 6.04. The molecule has 6 heteroatoms. The van der Waals surface area contributed by atoms with Crippen molar-refractivity contribution in [3.05, 3.63) is 59.0 Å². The van der Waals surface area contributed by atoms with E-state index in [2.05, 4.69) is 0 Å². The number of carbonyl (C=O) groups is 2. The number of hydrogen-bond acceptors (Lipinski definition) is 3. The van der Waals surface area contributed by atoms with Gasteiger partial charge in [0, 0.05) is 17.9 Å². The third-order valence-electron chi connectivity index (χ3n) is 3.51. The molecule has 1 aliphatic rings. The van der Waals surface area contributed by atoms with Gasteiger partial charge in [-0.3, -0.25) is 14.5 Å². The first-order valence-electron chi connectivity index (χ1n) is 7.18. The van der Waals surface area contributed by atoms with E-state index in [1.807, 2.05) is 0 Å². The Morgan fingerprint density at radius 1 is 1.13 bits per heavy atom. The van der Waals surface area contributed by atoms with Gasteiger partial charge in [-0.25, -0.2) is 4.39 Å². The van der Waals surface area contributed by atoms with Crippen LogP contribution in [0.3, 0.4) is 0 Å². The van der Waals surface area contributed by atoms with Crippen molar-refractivity contribution >= 4 is 29.0 Å². The van der Waals surface area contributed by atoms with Gasteiger partial charge in [-0.1, -0.05) is 12.1 Å². The molecule has 0 bridgehead atoms. The van der Waals surface area contributed by atoms with Crippen LogP contribution in [0.25, 0.3) is 11.8 Å². The number of nitrogens with zero attached hydrogens (tertiary/aromatic N) is 2. The second-order valence-corrected chi connectivity index (χ2v) is 6.39. The fourth-order valence-corrected chi connectivity index (χ4v) is 3.38. The SMILES string of the molecule is CC(C)N1C(=O)S/C(=C\c2cccn2-c2ccccc2F)C1=O. The molecule has 0 N–H and O–H groups in total. The zero-order valence-electron chi connectivity index (χ0n) is 12.7. The summed E-state index contributed by atoms with van der Waals surface area (Å²) in [6.45, 7) is 3.59. The largest absolute Gasteiger partial charge is 0.314 e. The van der Waals surface area contributed by atoms with Gasteiger partial charge in [-0.15, -0.1) is 0 Å². The van der Waals surface area contributed by atoms with Crippen LogP contribution in [-0.2, 0) is 4.79 Å². The number of halogens is 1. The molecule has 1 aliphatic heterocycles. The van der Waals surface area contributed by atoms with Crippen LogP contribution in [0.2, 0.25) is 0 Å². The van der Waals surface area contributed by atoms with E-state index in [0.717, 1.165) is 11.8 Å². The van der Waals surface area contributed by atoms with E-state index in [4.69, 9.17) is 0 Å². The van der Waals surface area contributed by atoms with Crippen molar-refractivity contribution in [1.82, 2.24) is 9.47 Å². The van der Waals surface area contributed by atoms with Crippen LogP contribution < -0.4 is 0 Å². The highest BCUT2D eigenvalue weighted by Gasteiger charge is 2.36. The number of aromatic nitrogens is 1. The molecule has 1 aromatic carbocycles. The molecule has 3 rings (SSSR count). The van der Waals surface area contributed by atoms with E-state index in [0.29, 0.717) is 16.3 Å². The number of hydrogen-bond donors (Lipinski definition) is 0. The molecule has 23 heavy (non-hydrogen) atoms. The van der Waals surface area contributed by atoms with Crippen molar-refractivity contribution < 1.29 is 14.0 Å². The van der Waals surface area contributed by atoms with Crippen LogP contribution in [0.1, 0.15) is 19.5 Å². The minimum absolute atomic E-state index is 0.188. The van der Waals surface area contributed by atoms with Gasteiger partial charge >= 0.3 is 0 Å². The van der Waals surface area contributed by atoms with Crippen LogP contribution in [0.15, 0.2) is 47.5 Å². The summed E-state index contributed by atoms with van der Waals surface area (Å²) in [5, 5.41) is -0.278. The third-order valence-corrected chi connectivity index (χ3v) is 4.39. The highest BCUT2D eigenvalue weighted by molar-refractivity contribution is 8.18. The Labute approximate surface area is 137 Å². The zero-order chi connectivity index (χ0) is 16.6. The van der Waals surface area contributed by atoms with Crippen LogP contribution in [-0.4, -0.2) is 26.7 Å². The minimum Gasteiger partial charge on any atom is -0.314 e. The van der Waals surface area contributed by atoms with E-state index in [-0.39, 0.29) is 23.0 Å². The van der Waals surface area contributed by atoms with E-state index in [9.17, 15) is 14.0 Å². The maximum atomic E-state index is 14.0. The molecular formula is C17H15FN2O2S. The number of thioether (sulfide) groups is 1. The smallest absolute Gasteiger partial charge is 0.293 e. The van der Waals surface area contributed by atoms with E-state index < -0.39 is 0 Å². The monoisotopic (exact) mass is 330 g/mol. The molecule has 4 nitrogen and oxygen atoms in total. The molecule has 118 valence electrons. The summed E-state index contributed by atoms with van der Waals surface area (Å²) in [7, 11) is 0. The highest BCUT2D eigenvalue weighted by Crippen LogP contribution is 2.33. The minimum atomic E-state index is -0.353. The molecule has 0 aliphatic carbocycles. The molecule has 2 amide bonds. The quantitative estimate of drug-likeness (QED) is 0.797. The molecule has 0 atom stereocenters. The van der Waals surface area contributed by atoms with Gasteiger partial charge in [-0.05, 0) is 56.0 Å². The van der Waals surface area contributed by atoms with E-state index in [1.165, 1.54) is 11.0 Å². The second-order valence-electron chi connectivity index (χ2n) is 5.40. The number of benzene rings is 1. The van der Waals surface area contributed by atoms with Crippen LogP contribution in [0.5, 0.6) is 0 Å². The molecular weight excluding hydrogens is 315 g/mol. The van der Waals surface area contributed by atoms with Crippen LogP contribution >= 0.6 is 11.8 Å². The van der Waals surface area contributed by atoms with Crippen LogP contribution in [0.4, 0.5) is 9.18 Å². The summed E-state index contributed by atoms with van der Waals surface area (Å²) in [4.78, 5) is 25.8. The van der Waals surface area contributed by atoms with Crippen molar-refractivity contribution in [3.8, 4) is 5.69 Å². The predicted molar refractivity (Wildman–Crippen MR) is 88.7 cm³/mol. The Morgan fingerprint density at radius 2 is 1.87 bits per heavy atom. The topological polar surface area (TPSA) is 42.3 Å². The molecule has 0 unspecified atom stereocenters. The molecule has 0 spiro atoms.